The second-order valence-corrected chi connectivity index (χ2v) is 15.5. The van der Waals surface area contributed by atoms with Gasteiger partial charge in [0.1, 0.15) is 36.7 Å². The number of halogens is 2. The first-order chi connectivity index (χ1) is 29.0. The summed E-state index contributed by atoms with van der Waals surface area (Å²) in [4.78, 5) is 54.7. The second-order valence-electron chi connectivity index (χ2n) is 14.7. The van der Waals surface area contributed by atoms with Gasteiger partial charge in [-0.2, -0.15) is 0 Å². The molecule has 0 radical (unpaired) electrons. The van der Waals surface area contributed by atoms with Crippen LogP contribution >= 0.6 is 23.2 Å². The molecule has 2 aromatic heterocycles. The number of fused-ring (bicyclic) bond motifs is 2. The van der Waals surface area contributed by atoms with E-state index in [9.17, 15) is 19.5 Å². The predicted octanol–water partition coefficient (Wildman–Crippen LogP) is 7.93. The quantitative estimate of drug-likeness (QED) is 0.132. The smallest absolute Gasteiger partial charge is 0.326 e. The Morgan fingerprint density at radius 2 is 1.65 bits per heavy atom. The molecule has 6 aromatic rings. The van der Waals surface area contributed by atoms with Gasteiger partial charge in [0.25, 0.3) is 5.91 Å². The summed E-state index contributed by atoms with van der Waals surface area (Å²) in [6, 6.07) is 23.7. The summed E-state index contributed by atoms with van der Waals surface area (Å²) < 4.78 is 18.6. The number of hydrogen-bond acceptors (Lipinski definition) is 9. The lowest BCUT2D eigenvalue weighted by atomic mass is 9.91. The van der Waals surface area contributed by atoms with E-state index in [0.717, 1.165) is 50.2 Å². The van der Waals surface area contributed by atoms with E-state index in [0.29, 0.717) is 33.9 Å². The first-order valence-electron chi connectivity index (χ1n) is 19.2. The zero-order valence-electron chi connectivity index (χ0n) is 32.6. The minimum absolute atomic E-state index is 0.0299. The van der Waals surface area contributed by atoms with Crippen molar-refractivity contribution in [3.05, 3.63) is 165 Å². The van der Waals surface area contributed by atoms with Gasteiger partial charge in [-0.3, -0.25) is 19.6 Å². The maximum atomic E-state index is 14.1. The van der Waals surface area contributed by atoms with Gasteiger partial charge < -0.3 is 29.5 Å². The number of carboxylic acid groups (broad SMARTS) is 1. The van der Waals surface area contributed by atoms with Gasteiger partial charge in [-0.1, -0.05) is 65.7 Å². The number of benzene rings is 4. The molecule has 2 N–H and O–H groups in total. The van der Waals surface area contributed by atoms with Crippen molar-refractivity contribution in [1.29, 1.82) is 0 Å². The average Bonchev–Trinajstić information content (AvgIpc) is 3.26. The Morgan fingerprint density at radius 3 is 2.38 bits per heavy atom. The highest BCUT2D eigenvalue weighted by Crippen LogP contribution is 2.41. The largest absolute Gasteiger partial charge is 0.489 e. The summed E-state index contributed by atoms with van der Waals surface area (Å²) in [5.74, 6) is -0.667. The molecule has 14 heteroatoms. The van der Waals surface area contributed by atoms with Crippen LogP contribution in [0.5, 0.6) is 17.2 Å². The van der Waals surface area contributed by atoms with Crippen molar-refractivity contribution < 1.29 is 33.7 Å². The third-order valence-corrected chi connectivity index (χ3v) is 11.6. The topological polar surface area (TPSA) is 153 Å². The van der Waals surface area contributed by atoms with Crippen molar-refractivity contribution in [2.24, 2.45) is 0 Å². The van der Waals surface area contributed by atoms with Gasteiger partial charge in [-0.05, 0) is 101 Å². The Hall–Kier alpha value is -6.50. The third kappa shape index (κ3) is 8.75. The molecule has 304 valence electrons. The normalized spacial score (nSPS) is 16.0. The molecule has 2 aliphatic heterocycles. The van der Waals surface area contributed by atoms with Crippen LogP contribution in [0, 0.1) is 13.8 Å². The van der Waals surface area contributed by atoms with Crippen LogP contribution in [-0.4, -0.2) is 61.4 Å². The Bertz CT molecular complexity index is 2570. The highest BCUT2D eigenvalue weighted by molar-refractivity contribution is 6.42. The molecule has 0 fully saturated rings. The number of nitrogens with one attached hydrogen (secondary N) is 1. The number of carbonyl (C=O) groups excluding carboxylic acids is 2. The summed E-state index contributed by atoms with van der Waals surface area (Å²) in [6.07, 6.45) is 5.66. The van der Waals surface area contributed by atoms with Crippen LogP contribution in [0.4, 0.5) is 0 Å². The lowest BCUT2D eigenvalue weighted by Gasteiger charge is -2.37. The molecule has 4 aromatic carbocycles. The highest BCUT2D eigenvalue weighted by atomic mass is 35.5. The summed E-state index contributed by atoms with van der Waals surface area (Å²) in [5.41, 5.74) is 8.06. The third-order valence-electron chi connectivity index (χ3n) is 10.8. The van der Waals surface area contributed by atoms with E-state index in [-0.39, 0.29) is 31.7 Å². The van der Waals surface area contributed by atoms with Crippen molar-refractivity contribution in [2.75, 3.05) is 6.61 Å². The van der Waals surface area contributed by atoms with Gasteiger partial charge in [0.05, 0.1) is 16.2 Å². The van der Waals surface area contributed by atoms with Gasteiger partial charge in [0, 0.05) is 43.7 Å². The fraction of sp³-hybridized carbons (Fsp3) is 0.217. The lowest BCUT2D eigenvalue weighted by molar-refractivity contribution is -0.142. The predicted molar refractivity (Wildman–Crippen MR) is 224 cm³/mol. The van der Waals surface area contributed by atoms with Crippen molar-refractivity contribution in [1.82, 2.24) is 25.2 Å². The molecule has 0 unspecified atom stereocenters. The Kier molecular flexibility index (Phi) is 11.7. The van der Waals surface area contributed by atoms with E-state index in [1.165, 1.54) is 23.5 Å². The van der Waals surface area contributed by atoms with E-state index in [1.807, 2.05) is 86.6 Å². The molecule has 0 saturated heterocycles. The molecule has 4 heterocycles. The van der Waals surface area contributed by atoms with Crippen LogP contribution in [0.2, 0.25) is 10.0 Å². The standard InChI is InChI=1S/C46H39Cl2N5O7/c1-26-27(2)50-14-13-35(26)30-6-3-28(4-7-30)18-38(46(56)57)52-44(54)40-19-32-20-41-42(21-33(32)23-53(40)45(55)39-22-49-15-16-51-39)60-43(25-59-41)31-8-10-34(11-9-31)58-24-29-5-12-36(47)37(48)17-29/h3-17,20-22,38,40,43H,18-19,23-25H2,1-2H3,(H,52,54)(H,56,57)/t38-,40-,43+/m0/s1. The number of pyridine rings is 1. The van der Waals surface area contributed by atoms with Crippen molar-refractivity contribution in [3.63, 3.8) is 0 Å². The molecule has 0 saturated carbocycles. The summed E-state index contributed by atoms with van der Waals surface area (Å²) >= 11 is 12.2. The summed E-state index contributed by atoms with van der Waals surface area (Å²) in [6.45, 7) is 4.54. The number of aromatic nitrogens is 3. The molecule has 60 heavy (non-hydrogen) atoms. The van der Waals surface area contributed by atoms with Gasteiger partial charge >= 0.3 is 5.97 Å². The Labute approximate surface area is 356 Å². The van der Waals surface area contributed by atoms with Crippen LogP contribution < -0.4 is 19.5 Å². The van der Waals surface area contributed by atoms with Gasteiger partial charge in [0.15, 0.2) is 17.6 Å². The Balaban J connectivity index is 0.981. The zero-order chi connectivity index (χ0) is 41.9. The molecular formula is C46H39Cl2N5O7. The molecular weight excluding hydrogens is 805 g/mol. The molecule has 2 amide bonds. The van der Waals surface area contributed by atoms with Gasteiger partial charge in [-0.25, -0.2) is 9.78 Å². The molecule has 3 atom stereocenters. The fourth-order valence-corrected chi connectivity index (χ4v) is 7.69. The minimum atomic E-state index is -1.26. The molecule has 12 nitrogen and oxygen atoms in total. The second kappa shape index (κ2) is 17.4. The van der Waals surface area contributed by atoms with Crippen LogP contribution in [-0.2, 0) is 35.6 Å². The van der Waals surface area contributed by atoms with E-state index < -0.39 is 36.0 Å². The maximum absolute atomic E-state index is 14.1. The van der Waals surface area contributed by atoms with E-state index in [1.54, 1.807) is 18.3 Å². The lowest BCUT2D eigenvalue weighted by Crippen LogP contribution is -2.56. The van der Waals surface area contributed by atoms with E-state index >= 15 is 0 Å². The number of hydrogen-bond donors (Lipinski definition) is 2. The Morgan fingerprint density at radius 1 is 0.883 bits per heavy atom. The van der Waals surface area contributed by atoms with E-state index in [2.05, 4.69) is 20.3 Å². The fourth-order valence-electron chi connectivity index (χ4n) is 7.37. The molecule has 0 spiro atoms. The number of amides is 2. The summed E-state index contributed by atoms with van der Waals surface area (Å²) in [5, 5.41) is 13.9. The number of aryl methyl sites for hydroxylation is 1. The van der Waals surface area contributed by atoms with Gasteiger partial charge in [0.2, 0.25) is 5.91 Å². The van der Waals surface area contributed by atoms with Crippen molar-refractivity contribution in [3.8, 4) is 28.4 Å². The number of rotatable bonds is 11. The first-order valence-corrected chi connectivity index (χ1v) is 20.0. The van der Waals surface area contributed by atoms with Gasteiger partial charge in [-0.15, -0.1) is 0 Å². The van der Waals surface area contributed by atoms with Crippen LogP contribution in [0.1, 0.15) is 55.7 Å². The summed E-state index contributed by atoms with van der Waals surface area (Å²) in [7, 11) is 0. The first kappa shape index (κ1) is 40.3. The average molecular weight is 845 g/mol. The molecule has 8 rings (SSSR count). The number of ether oxygens (including phenoxy) is 3. The van der Waals surface area contributed by atoms with Crippen LogP contribution in [0.3, 0.4) is 0 Å². The molecule has 0 bridgehead atoms. The van der Waals surface area contributed by atoms with Crippen molar-refractivity contribution >= 4 is 41.0 Å². The maximum Gasteiger partial charge on any atom is 0.326 e. The van der Waals surface area contributed by atoms with Crippen molar-refractivity contribution in [2.45, 2.75) is 58.0 Å². The number of carboxylic acids is 1. The monoisotopic (exact) mass is 843 g/mol. The number of nitrogens with zero attached hydrogens (tertiary/aromatic N) is 4. The van der Waals surface area contributed by atoms with E-state index in [4.69, 9.17) is 37.4 Å². The SMILES string of the molecule is Cc1nccc(-c2ccc(C[C@H](NC(=O)[C@@H]3Cc4cc5c(cc4CN3C(=O)c3cnccn3)O[C@@H](c3ccc(OCc4ccc(Cl)c(Cl)c4)cc3)CO5)C(=O)O)cc2)c1C. The van der Waals surface area contributed by atoms with Crippen LogP contribution in [0.15, 0.2) is 110 Å². The highest BCUT2D eigenvalue weighted by Gasteiger charge is 2.38. The number of carbonyl (C=O) groups is 3. The van der Waals surface area contributed by atoms with Crippen LogP contribution in [0.25, 0.3) is 11.1 Å². The minimum Gasteiger partial charge on any atom is -0.489 e. The molecule has 2 aliphatic rings. The number of aliphatic carboxylic acids is 1. The molecule has 0 aliphatic carbocycles. The zero-order valence-corrected chi connectivity index (χ0v) is 34.1.